The molecular formula is C16H19N3O2. The first-order valence-corrected chi connectivity index (χ1v) is 6.66. The lowest BCUT2D eigenvalue weighted by Crippen LogP contribution is -2.13. The van der Waals surface area contributed by atoms with Crippen LogP contribution in [0.2, 0.25) is 0 Å². The van der Waals surface area contributed by atoms with Gasteiger partial charge >= 0.3 is 0 Å². The lowest BCUT2D eigenvalue weighted by atomic mass is 10.1. The Hall–Kier alpha value is -2.69. The highest BCUT2D eigenvalue weighted by Gasteiger charge is 2.05. The third-order valence-corrected chi connectivity index (χ3v) is 3.23. The number of ether oxygens (including phenoxy) is 1. The van der Waals surface area contributed by atoms with Crippen molar-refractivity contribution in [1.82, 2.24) is 0 Å². The number of nitrogens with two attached hydrogens (primary N) is 2. The first-order valence-electron chi connectivity index (χ1n) is 6.66. The van der Waals surface area contributed by atoms with Gasteiger partial charge in [0, 0.05) is 12.1 Å². The summed E-state index contributed by atoms with van der Waals surface area (Å²) in [4.78, 5) is 11.2. The van der Waals surface area contributed by atoms with Crippen molar-refractivity contribution in [3.63, 3.8) is 0 Å². The maximum absolute atomic E-state index is 11.2. The second-order valence-corrected chi connectivity index (χ2v) is 4.69. The van der Waals surface area contributed by atoms with Crippen LogP contribution in [0.25, 0.3) is 0 Å². The van der Waals surface area contributed by atoms with E-state index in [2.05, 4.69) is 5.32 Å². The van der Waals surface area contributed by atoms with E-state index in [-0.39, 0.29) is 0 Å². The van der Waals surface area contributed by atoms with Gasteiger partial charge in [0.15, 0.2) is 0 Å². The average Bonchev–Trinajstić information content (AvgIpc) is 2.49. The summed E-state index contributed by atoms with van der Waals surface area (Å²) in [5.41, 5.74) is 14.1. The Morgan fingerprint density at radius 1 is 1.19 bits per heavy atom. The number of anilines is 2. The van der Waals surface area contributed by atoms with Crippen LogP contribution in [0, 0.1) is 0 Å². The Morgan fingerprint density at radius 3 is 2.52 bits per heavy atom. The van der Waals surface area contributed by atoms with E-state index in [0.29, 0.717) is 17.8 Å². The fraction of sp³-hybridized carbons (Fsp3) is 0.188. The number of nitrogen functional groups attached to an aromatic ring is 1. The average molecular weight is 285 g/mol. The van der Waals surface area contributed by atoms with E-state index in [1.54, 1.807) is 25.3 Å². The second kappa shape index (κ2) is 6.65. The Bertz CT molecular complexity index is 624. The lowest BCUT2D eigenvalue weighted by molar-refractivity contribution is 0.100. The molecular weight excluding hydrogens is 266 g/mol. The van der Waals surface area contributed by atoms with Crippen LogP contribution in [0.3, 0.4) is 0 Å². The molecule has 5 heteroatoms. The van der Waals surface area contributed by atoms with Gasteiger partial charge in [0.1, 0.15) is 5.75 Å². The molecule has 2 rings (SSSR count). The number of primary amides is 1. The van der Waals surface area contributed by atoms with E-state index < -0.39 is 5.91 Å². The first-order chi connectivity index (χ1) is 10.1. The fourth-order valence-corrected chi connectivity index (χ4v) is 2.00. The van der Waals surface area contributed by atoms with E-state index in [1.807, 2.05) is 24.3 Å². The monoisotopic (exact) mass is 285 g/mol. The van der Waals surface area contributed by atoms with Gasteiger partial charge in [-0.05, 0) is 42.3 Å². The number of methoxy groups -OCH3 is 1. The molecule has 0 bridgehead atoms. The molecule has 0 aliphatic carbocycles. The van der Waals surface area contributed by atoms with Crippen LogP contribution in [0.5, 0.6) is 5.75 Å². The second-order valence-electron chi connectivity index (χ2n) is 4.69. The Balaban J connectivity index is 1.96. The molecule has 0 heterocycles. The summed E-state index contributed by atoms with van der Waals surface area (Å²) in [7, 11) is 1.64. The summed E-state index contributed by atoms with van der Waals surface area (Å²) in [5, 5.41) is 3.22. The molecule has 0 atom stereocenters. The first kappa shape index (κ1) is 14.7. The Morgan fingerprint density at radius 2 is 1.90 bits per heavy atom. The van der Waals surface area contributed by atoms with Gasteiger partial charge in [0.2, 0.25) is 5.91 Å². The molecule has 0 saturated carbocycles. The predicted octanol–water partition coefficient (Wildman–Crippen LogP) is 2.03. The van der Waals surface area contributed by atoms with Gasteiger partial charge in [-0.2, -0.15) is 0 Å². The molecule has 5 nitrogen and oxygen atoms in total. The van der Waals surface area contributed by atoms with Crippen LogP contribution in [-0.4, -0.2) is 19.6 Å². The lowest BCUT2D eigenvalue weighted by Gasteiger charge is -2.10. The number of rotatable bonds is 6. The van der Waals surface area contributed by atoms with Crippen molar-refractivity contribution in [1.29, 1.82) is 0 Å². The summed E-state index contributed by atoms with van der Waals surface area (Å²) in [5.74, 6) is 0.373. The smallest absolute Gasteiger partial charge is 0.248 e. The van der Waals surface area contributed by atoms with Crippen LogP contribution in [0.4, 0.5) is 11.4 Å². The molecule has 2 aromatic carbocycles. The van der Waals surface area contributed by atoms with Gasteiger partial charge in [-0.3, -0.25) is 4.79 Å². The Labute approximate surface area is 123 Å². The van der Waals surface area contributed by atoms with Gasteiger partial charge in [-0.1, -0.05) is 12.1 Å². The summed E-state index contributed by atoms with van der Waals surface area (Å²) >= 11 is 0. The highest BCUT2D eigenvalue weighted by atomic mass is 16.5. The summed E-state index contributed by atoms with van der Waals surface area (Å²) in [6.07, 6.45) is 0.838. The van der Waals surface area contributed by atoms with E-state index in [4.69, 9.17) is 16.2 Å². The number of amides is 1. The van der Waals surface area contributed by atoms with Crippen molar-refractivity contribution in [3.8, 4) is 5.75 Å². The fourth-order valence-electron chi connectivity index (χ4n) is 2.00. The molecule has 0 aliphatic heterocycles. The third kappa shape index (κ3) is 3.89. The number of carbonyl (C=O) groups excluding carboxylic acids is 1. The van der Waals surface area contributed by atoms with Gasteiger partial charge in [0.05, 0.1) is 18.5 Å². The minimum atomic E-state index is -0.465. The summed E-state index contributed by atoms with van der Waals surface area (Å²) in [6, 6.07) is 12.9. The van der Waals surface area contributed by atoms with Crippen molar-refractivity contribution in [3.05, 3.63) is 53.6 Å². The minimum Gasteiger partial charge on any atom is -0.497 e. The van der Waals surface area contributed by atoms with Crippen molar-refractivity contribution in [2.24, 2.45) is 5.73 Å². The Kier molecular flexibility index (Phi) is 4.66. The molecule has 0 aromatic heterocycles. The molecule has 1 amide bonds. The van der Waals surface area contributed by atoms with E-state index in [1.165, 1.54) is 5.56 Å². The molecule has 110 valence electrons. The minimum absolute atomic E-state index is 0.441. The van der Waals surface area contributed by atoms with Crippen molar-refractivity contribution >= 4 is 17.3 Å². The maximum Gasteiger partial charge on any atom is 0.248 e. The molecule has 5 N–H and O–H groups in total. The molecule has 21 heavy (non-hydrogen) atoms. The quantitative estimate of drug-likeness (QED) is 0.708. The van der Waals surface area contributed by atoms with Gasteiger partial charge in [-0.15, -0.1) is 0 Å². The zero-order valence-electron chi connectivity index (χ0n) is 11.9. The van der Waals surface area contributed by atoms with Gasteiger partial charge in [0.25, 0.3) is 0 Å². The summed E-state index contributed by atoms with van der Waals surface area (Å²) in [6.45, 7) is 0.707. The summed E-state index contributed by atoms with van der Waals surface area (Å²) < 4.78 is 5.12. The number of hydrogen-bond donors (Lipinski definition) is 3. The van der Waals surface area contributed by atoms with Crippen LogP contribution < -0.4 is 21.5 Å². The highest BCUT2D eigenvalue weighted by Crippen LogP contribution is 2.20. The largest absolute Gasteiger partial charge is 0.497 e. The van der Waals surface area contributed by atoms with Crippen LogP contribution in [-0.2, 0) is 6.42 Å². The third-order valence-electron chi connectivity index (χ3n) is 3.23. The zero-order chi connectivity index (χ0) is 15.2. The van der Waals surface area contributed by atoms with Gasteiger partial charge < -0.3 is 21.5 Å². The molecule has 0 aliphatic rings. The van der Waals surface area contributed by atoms with Crippen LogP contribution in [0.1, 0.15) is 15.9 Å². The van der Waals surface area contributed by atoms with Crippen molar-refractivity contribution < 1.29 is 9.53 Å². The SMILES string of the molecule is COc1ccc(CCNc2cc(C(N)=O)ccc2N)cc1. The molecule has 0 fully saturated rings. The molecule has 0 spiro atoms. The van der Waals surface area contributed by atoms with Crippen molar-refractivity contribution in [2.75, 3.05) is 24.7 Å². The molecule has 0 unspecified atom stereocenters. The number of nitrogens with one attached hydrogen (secondary N) is 1. The normalized spacial score (nSPS) is 10.1. The predicted molar refractivity (Wildman–Crippen MR) is 84.6 cm³/mol. The van der Waals surface area contributed by atoms with E-state index in [9.17, 15) is 4.79 Å². The van der Waals surface area contributed by atoms with Crippen molar-refractivity contribution in [2.45, 2.75) is 6.42 Å². The number of benzene rings is 2. The van der Waals surface area contributed by atoms with E-state index >= 15 is 0 Å². The van der Waals surface area contributed by atoms with Crippen LogP contribution >= 0.6 is 0 Å². The van der Waals surface area contributed by atoms with E-state index in [0.717, 1.165) is 17.9 Å². The van der Waals surface area contributed by atoms with Gasteiger partial charge in [-0.25, -0.2) is 0 Å². The maximum atomic E-state index is 11.2. The standard InChI is InChI=1S/C16H19N3O2/c1-21-13-5-2-11(3-6-13)8-9-19-15-10-12(16(18)20)4-7-14(15)17/h2-7,10,19H,8-9,17H2,1H3,(H2,18,20). The molecule has 0 radical (unpaired) electrons. The number of hydrogen-bond acceptors (Lipinski definition) is 4. The number of carbonyl (C=O) groups is 1. The van der Waals surface area contributed by atoms with Crippen LogP contribution in [0.15, 0.2) is 42.5 Å². The zero-order valence-corrected chi connectivity index (χ0v) is 11.9. The molecule has 2 aromatic rings. The highest BCUT2D eigenvalue weighted by molar-refractivity contribution is 5.94. The topological polar surface area (TPSA) is 90.4 Å². The molecule has 0 saturated heterocycles.